The molecule has 0 bridgehead atoms. The first kappa shape index (κ1) is 12.1. The molecule has 1 aromatic heterocycles. The molecule has 0 aliphatic carbocycles. The Balaban J connectivity index is 1.98. The molecule has 1 aliphatic rings. The van der Waals surface area contributed by atoms with Crippen molar-refractivity contribution in [3.8, 4) is 0 Å². The van der Waals surface area contributed by atoms with E-state index in [9.17, 15) is 4.79 Å². The van der Waals surface area contributed by atoms with E-state index >= 15 is 0 Å². The molecule has 0 radical (unpaired) electrons. The minimum atomic E-state index is -0.0710. The zero-order valence-corrected chi connectivity index (χ0v) is 10.6. The molecule has 2 rings (SSSR count). The lowest BCUT2D eigenvalue weighted by molar-refractivity contribution is 0.0660. The van der Waals surface area contributed by atoms with Crippen LogP contribution in [0.2, 0.25) is 0 Å². The molecule has 1 fully saturated rings. The molecule has 94 valence electrons. The van der Waals surface area contributed by atoms with Crippen LogP contribution in [0.3, 0.4) is 0 Å². The molecular weight excluding hydrogens is 218 g/mol. The number of nitrogens with one attached hydrogen (secondary N) is 1. The summed E-state index contributed by atoms with van der Waals surface area (Å²) < 4.78 is 5.24. The number of rotatable bonds is 2. The van der Waals surface area contributed by atoms with Gasteiger partial charge in [0.05, 0.1) is 11.8 Å². The van der Waals surface area contributed by atoms with Crippen LogP contribution in [0.25, 0.3) is 0 Å². The van der Waals surface area contributed by atoms with Gasteiger partial charge >= 0.3 is 0 Å². The number of likely N-dealkylation sites (N-methyl/N-ethyl adjacent to an activating group) is 1. The highest BCUT2D eigenvalue weighted by Crippen LogP contribution is 2.15. The van der Waals surface area contributed by atoms with E-state index in [4.69, 9.17) is 4.42 Å². The molecule has 5 heteroatoms. The van der Waals surface area contributed by atoms with E-state index in [-0.39, 0.29) is 5.91 Å². The number of amides is 1. The summed E-state index contributed by atoms with van der Waals surface area (Å²) in [7, 11) is 2.09. The lowest BCUT2D eigenvalue weighted by Gasteiger charge is -2.32. The average Bonchev–Trinajstić information content (AvgIpc) is 2.62. The fourth-order valence-corrected chi connectivity index (χ4v) is 2.03. The van der Waals surface area contributed by atoms with Gasteiger partial charge in [-0.2, -0.15) is 0 Å². The minimum Gasteiger partial charge on any atom is -0.469 e. The molecule has 2 heterocycles. The lowest BCUT2D eigenvalue weighted by atomic mass is 10.1. The molecule has 5 nitrogen and oxygen atoms in total. The molecule has 1 N–H and O–H groups in total. The zero-order chi connectivity index (χ0) is 12.4. The third-order valence-corrected chi connectivity index (χ3v) is 3.15. The van der Waals surface area contributed by atoms with E-state index in [1.54, 1.807) is 6.26 Å². The Labute approximate surface area is 101 Å². The van der Waals surface area contributed by atoms with Gasteiger partial charge in [0.15, 0.2) is 0 Å². The van der Waals surface area contributed by atoms with Crippen molar-refractivity contribution < 1.29 is 9.21 Å². The first-order valence-corrected chi connectivity index (χ1v) is 5.87. The molecule has 1 saturated heterocycles. The second kappa shape index (κ2) is 4.89. The monoisotopic (exact) mass is 237 g/mol. The Morgan fingerprint density at radius 3 is 2.47 bits per heavy atom. The van der Waals surface area contributed by atoms with Crippen LogP contribution in [-0.2, 0) is 0 Å². The van der Waals surface area contributed by atoms with Gasteiger partial charge in [0.25, 0.3) is 5.91 Å². The molecule has 0 aromatic carbocycles. The van der Waals surface area contributed by atoms with Crippen LogP contribution < -0.4 is 5.43 Å². The largest absolute Gasteiger partial charge is 0.469 e. The molecule has 1 aliphatic heterocycles. The van der Waals surface area contributed by atoms with Crippen molar-refractivity contribution in [2.75, 3.05) is 33.2 Å². The van der Waals surface area contributed by atoms with E-state index in [0.29, 0.717) is 11.3 Å². The number of hydrogen-bond acceptors (Lipinski definition) is 4. The highest BCUT2D eigenvalue weighted by Gasteiger charge is 2.20. The number of piperazine rings is 1. The standard InChI is InChI=1S/C12H19N3O2/c1-9-8-17-10(2)11(9)12(16)13-15-6-4-14(3)5-7-15/h8H,4-7H2,1-3H3,(H,13,16). The number of carbonyl (C=O) groups is 1. The van der Waals surface area contributed by atoms with Crippen LogP contribution in [0.5, 0.6) is 0 Å². The van der Waals surface area contributed by atoms with Crippen LogP contribution in [0.4, 0.5) is 0 Å². The Morgan fingerprint density at radius 2 is 1.94 bits per heavy atom. The Hall–Kier alpha value is -1.33. The van der Waals surface area contributed by atoms with Gasteiger partial charge in [-0.3, -0.25) is 10.2 Å². The maximum atomic E-state index is 12.1. The van der Waals surface area contributed by atoms with Crippen LogP contribution in [0.15, 0.2) is 10.7 Å². The van der Waals surface area contributed by atoms with Crippen molar-refractivity contribution >= 4 is 5.91 Å². The van der Waals surface area contributed by atoms with E-state index in [1.165, 1.54) is 0 Å². The summed E-state index contributed by atoms with van der Waals surface area (Å²) in [5.41, 5.74) is 4.47. The van der Waals surface area contributed by atoms with Crippen molar-refractivity contribution in [1.29, 1.82) is 0 Å². The van der Waals surface area contributed by atoms with Gasteiger partial charge in [-0.25, -0.2) is 5.01 Å². The molecule has 0 unspecified atom stereocenters. The second-order valence-corrected chi connectivity index (χ2v) is 4.58. The van der Waals surface area contributed by atoms with Gasteiger partial charge in [0.2, 0.25) is 0 Å². The Morgan fingerprint density at radius 1 is 1.29 bits per heavy atom. The highest BCUT2D eigenvalue weighted by atomic mass is 16.3. The van der Waals surface area contributed by atoms with Crippen molar-refractivity contribution in [3.05, 3.63) is 23.2 Å². The summed E-state index contributed by atoms with van der Waals surface area (Å²) in [5.74, 6) is 0.604. The molecule has 0 saturated carbocycles. The lowest BCUT2D eigenvalue weighted by Crippen LogP contribution is -2.52. The number of nitrogens with zero attached hydrogens (tertiary/aromatic N) is 2. The smallest absolute Gasteiger partial charge is 0.269 e. The predicted molar refractivity (Wildman–Crippen MR) is 64.7 cm³/mol. The Bertz CT molecular complexity index is 386. The normalized spacial score (nSPS) is 18.3. The summed E-state index contributed by atoms with van der Waals surface area (Å²) in [4.78, 5) is 14.3. The van der Waals surface area contributed by atoms with E-state index < -0.39 is 0 Å². The van der Waals surface area contributed by atoms with Crippen LogP contribution in [0, 0.1) is 13.8 Å². The van der Waals surface area contributed by atoms with Crippen LogP contribution in [-0.4, -0.2) is 49.0 Å². The number of aryl methyl sites for hydroxylation is 2. The first-order chi connectivity index (χ1) is 8.08. The number of carbonyl (C=O) groups excluding carboxylic acids is 1. The van der Waals surface area contributed by atoms with Crippen molar-refractivity contribution in [3.63, 3.8) is 0 Å². The molecule has 1 aromatic rings. The van der Waals surface area contributed by atoms with Gasteiger partial charge < -0.3 is 9.32 Å². The van der Waals surface area contributed by atoms with E-state index in [2.05, 4.69) is 17.4 Å². The summed E-state index contributed by atoms with van der Waals surface area (Å²) >= 11 is 0. The second-order valence-electron chi connectivity index (χ2n) is 4.58. The third-order valence-electron chi connectivity index (χ3n) is 3.15. The zero-order valence-electron chi connectivity index (χ0n) is 10.6. The number of furan rings is 1. The molecule has 17 heavy (non-hydrogen) atoms. The topological polar surface area (TPSA) is 48.7 Å². The van der Waals surface area contributed by atoms with Crippen molar-refractivity contribution in [2.45, 2.75) is 13.8 Å². The average molecular weight is 237 g/mol. The maximum Gasteiger partial charge on any atom is 0.269 e. The predicted octanol–water partition coefficient (Wildman–Crippen LogP) is 0.789. The molecule has 0 spiro atoms. The SMILES string of the molecule is Cc1coc(C)c1C(=O)NN1CCN(C)CC1. The quantitative estimate of drug-likeness (QED) is 0.826. The molecule has 1 amide bonds. The Kier molecular flexibility index (Phi) is 3.49. The van der Waals surface area contributed by atoms with Crippen LogP contribution >= 0.6 is 0 Å². The van der Waals surface area contributed by atoms with Crippen molar-refractivity contribution in [1.82, 2.24) is 15.3 Å². The summed E-state index contributed by atoms with van der Waals surface area (Å²) in [6.45, 7) is 7.37. The first-order valence-electron chi connectivity index (χ1n) is 5.87. The van der Waals surface area contributed by atoms with Crippen molar-refractivity contribution in [2.24, 2.45) is 0 Å². The fraction of sp³-hybridized carbons (Fsp3) is 0.583. The number of hydrazine groups is 1. The van der Waals surface area contributed by atoms with Gasteiger partial charge in [-0.15, -0.1) is 0 Å². The van der Waals surface area contributed by atoms with Crippen LogP contribution in [0.1, 0.15) is 21.7 Å². The minimum absolute atomic E-state index is 0.0710. The van der Waals surface area contributed by atoms with Gasteiger partial charge in [-0.05, 0) is 20.9 Å². The summed E-state index contributed by atoms with van der Waals surface area (Å²) in [6.07, 6.45) is 1.62. The van der Waals surface area contributed by atoms with E-state index in [1.807, 2.05) is 18.9 Å². The summed E-state index contributed by atoms with van der Waals surface area (Å²) in [5, 5.41) is 1.97. The maximum absolute atomic E-state index is 12.1. The van der Waals surface area contributed by atoms with E-state index in [0.717, 1.165) is 31.7 Å². The third kappa shape index (κ3) is 2.68. The van der Waals surface area contributed by atoms with Gasteiger partial charge in [0, 0.05) is 31.7 Å². The molecule has 0 atom stereocenters. The highest BCUT2D eigenvalue weighted by molar-refractivity contribution is 5.96. The molecular formula is C12H19N3O2. The fourth-order valence-electron chi connectivity index (χ4n) is 2.03. The summed E-state index contributed by atoms with van der Waals surface area (Å²) in [6, 6.07) is 0. The van der Waals surface area contributed by atoms with Gasteiger partial charge in [-0.1, -0.05) is 0 Å². The van der Waals surface area contributed by atoms with Gasteiger partial charge in [0.1, 0.15) is 5.76 Å². The number of hydrogen-bond donors (Lipinski definition) is 1.